The number of nitrogens with zero attached hydrogens (tertiary/aromatic N) is 2. The third-order valence-electron chi connectivity index (χ3n) is 3.86. The van der Waals surface area contributed by atoms with E-state index in [0.29, 0.717) is 31.1 Å². The van der Waals surface area contributed by atoms with E-state index in [0.717, 1.165) is 12.8 Å². The first kappa shape index (κ1) is 18.2. The maximum absolute atomic E-state index is 12.4. The van der Waals surface area contributed by atoms with Crippen LogP contribution in [0.25, 0.3) is 0 Å². The molecule has 7 nitrogen and oxygen atoms in total. The van der Waals surface area contributed by atoms with Crippen LogP contribution in [0.2, 0.25) is 0 Å². The lowest BCUT2D eigenvalue weighted by Gasteiger charge is -2.31. The number of methoxy groups -OCH3 is 1. The Hall–Kier alpha value is -1.86. The number of likely N-dealkylation sites (tertiary alicyclic amines) is 1. The molecule has 1 fully saturated rings. The summed E-state index contributed by atoms with van der Waals surface area (Å²) in [7, 11) is 1.35. The molecular formula is C14H20ClN3O4. The SMILES string of the molecule is COc1cc(C(=O)N2CCC(CN)CC2)ccc1[N+](=O)[O-].Cl. The van der Waals surface area contributed by atoms with E-state index in [2.05, 4.69) is 0 Å². The highest BCUT2D eigenvalue weighted by Gasteiger charge is 2.24. The Labute approximate surface area is 135 Å². The van der Waals surface area contributed by atoms with Crippen molar-refractivity contribution in [1.82, 2.24) is 4.90 Å². The van der Waals surface area contributed by atoms with Gasteiger partial charge in [0.25, 0.3) is 5.91 Å². The second kappa shape index (κ2) is 7.95. The highest BCUT2D eigenvalue weighted by atomic mass is 35.5. The zero-order valence-electron chi connectivity index (χ0n) is 12.4. The zero-order chi connectivity index (χ0) is 15.4. The lowest BCUT2D eigenvalue weighted by Crippen LogP contribution is -2.40. The van der Waals surface area contributed by atoms with Crippen LogP contribution in [0.5, 0.6) is 5.75 Å². The normalized spacial score (nSPS) is 15.1. The van der Waals surface area contributed by atoms with Crippen molar-refractivity contribution < 1.29 is 14.5 Å². The third kappa shape index (κ3) is 3.86. The van der Waals surface area contributed by atoms with Gasteiger partial charge in [0.2, 0.25) is 0 Å². The number of nitro groups is 1. The molecule has 1 heterocycles. The first-order chi connectivity index (χ1) is 10.1. The number of rotatable bonds is 4. The van der Waals surface area contributed by atoms with Crippen molar-refractivity contribution in [3.05, 3.63) is 33.9 Å². The fraction of sp³-hybridized carbons (Fsp3) is 0.500. The number of nitro benzene ring substituents is 1. The van der Waals surface area contributed by atoms with Crippen LogP contribution in [0.4, 0.5) is 5.69 Å². The van der Waals surface area contributed by atoms with Crippen molar-refractivity contribution in [2.24, 2.45) is 11.7 Å². The standard InChI is InChI=1S/C14H19N3O4.ClH/c1-21-13-8-11(2-3-12(13)17(19)20)14(18)16-6-4-10(9-15)5-7-16;/h2-3,8,10H,4-7,9,15H2,1H3;1H. The summed E-state index contributed by atoms with van der Waals surface area (Å²) in [6, 6.07) is 4.20. The molecule has 0 bridgehead atoms. The molecule has 8 heteroatoms. The van der Waals surface area contributed by atoms with Gasteiger partial charge in [-0.15, -0.1) is 12.4 Å². The lowest BCUT2D eigenvalue weighted by molar-refractivity contribution is -0.385. The number of piperidine rings is 1. The van der Waals surface area contributed by atoms with Gasteiger partial charge in [0, 0.05) is 30.8 Å². The molecule has 1 aliphatic rings. The maximum Gasteiger partial charge on any atom is 0.310 e. The van der Waals surface area contributed by atoms with Gasteiger partial charge in [-0.3, -0.25) is 14.9 Å². The quantitative estimate of drug-likeness (QED) is 0.671. The van der Waals surface area contributed by atoms with E-state index in [9.17, 15) is 14.9 Å². The van der Waals surface area contributed by atoms with E-state index in [4.69, 9.17) is 10.5 Å². The lowest BCUT2D eigenvalue weighted by atomic mass is 9.96. The molecule has 1 saturated heterocycles. The summed E-state index contributed by atoms with van der Waals surface area (Å²) in [4.78, 5) is 24.5. The van der Waals surface area contributed by atoms with Gasteiger partial charge in [-0.2, -0.15) is 0 Å². The number of hydrogen-bond donors (Lipinski definition) is 1. The molecule has 1 aromatic carbocycles. The van der Waals surface area contributed by atoms with Crippen LogP contribution in [0, 0.1) is 16.0 Å². The highest BCUT2D eigenvalue weighted by molar-refractivity contribution is 5.95. The minimum absolute atomic E-state index is 0. The Morgan fingerprint density at radius 3 is 2.59 bits per heavy atom. The average Bonchev–Trinajstić information content (AvgIpc) is 2.53. The number of hydrogen-bond acceptors (Lipinski definition) is 5. The maximum atomic E-state index is 12.4. The number of amides is 1. The Kier molecular flexibility index (Phi) is 6.58. The fourth-order valence-electron chi connectivity index (χ4n) is 2.52. The summed E-state index contributed by atoms with van der Waals surface area (Å²) in [5.74, 6) is 0.446. The third-order valence-corrected chi connectivity index (χ3v) is 3.86. The van der Waals surface area contributed by atoms with Crippen LogP contribution in [0.15, 0.2) is 18.2 Å². The predicted molar refractivity (Wildman–Crippen MR) is 84.6 cm³/mol. The Morgan fingerprint density at radius 2 is 2.09 bits per heavy atom. The molecule has 2 rings (SSSR count). The fourth-order valence-corrected chi connectivity index (χ4v) is 2.52. The van der Waals surface area contributed by atoms with Gasteiger partial charge in [0.15, 0.2) is 5.75 Å². The molecule has 1 aliphatic heterocycles. The summed E-state index contributed by atoms with van der Waals surface area (Å²) in [6.07, 6.45) is 1.79. The van der Waals surface area contributed by atoms with Crippen molar-refractivity contribution in [3.8, 4) is 5.75 Å². The number of carbonyl (C=O) groups is 1. The van der Waals surface area contributed by atoms with E-state index < -0.39 is 4.92 Å². The molecule has 22 heavy (non-hydrogen) atoms. The summed E-state index contributed by atoms with van der Waals surface area (Å²) in [5.41, 5.74) is 5.90. The van der Waals surface area contributed by atoms with Gasteiger partial charge in [-0.1, -0.05) is 0 Å². The van der Waals surface area contributed by atoms with E-state index in [1.807, 2.05) is 0 Å². The molecule has 0 saturated carbocycles. The van der Waals surface area contributed by atoms with Crippen LogP contribution in [-0.2, 0) is 0 Å². The van der Waals surface area contributed by atoms with Gasteiger partial charge >= 0.3 is 5.69 Å². The number of benzene rings is 1. The number of ether oxygens (including phenoxy) is 1. The summed E-state index contributed by atoms with van der Waals surface area (Å²) in [6.45, 7) is 1.98. The van der Waals surface area contributed by atoms with E-state index in [1.165, 1.54) is 25.3 Å². The Balaban J connectivity index is 0.00000242. The molecule has 0 atom stereocenters. The number of nitrogens with two attached hydrogens (primary N) is 1. The van der Waals surface area contributed by atoms with Crippen LogP contribution in [-0.4, -0.2) is 42.5 Å². The van der Waals surface area contributed by atoms with E-state index >= 15 is 0 Å². The predicted octanol–water partition coefficient (Wildman–Crippen LogP) is 1.84. The number of carbonyl (C=O) groups excluding carboxylic acids is 1. The van der Waals surface area contributed by atoms with Crippen LogP contribution < -0.4 is 10.5 Å². The van der Waals surface area contributed by atoms with Crippen molar-refractivity contribution in [1.29, 1.82) is 0 Å². The molecular weight excluding hydrogens is 310 g/mol. The molecule has 0 aliphatic carbocycles. The molecule has 0 spiro atoms. The second-order valence-corrected chi connectivity index (χ2v) is 5.12. The van der Waals surface area contributed by atoms with Gasteiger partial charge in [0.05, 0.1) is 12.0 Å². The van der Waals surface area contributed by atoms with Crippen molar-refractivity contribution in [3.63, 3.8) is 0 Å². The molecule has 2 N–H and O–H groups in total. The van der Waals surface area contributed by atoms with E-state index in [-0.39, 0.29) is 29.8 Å². The van der Waals surface area contributed by atoms with Gasteiger partial charge in [-0.05, 0) is 31.4 Å². The van der Waals surface area contributed by atoms with Crippen LogP contribution in [0.1, 0.15) is 23.2 Å². The van der Waals surface area contributed by atoms with E-state index in [1.54, 1.807) is 4.90 Å². The molecule has 1 aromatic rings. The minimum atomic E-state index is -0.528. The Morgan fingerprint density at radius 1 is 1.45 bits per heavy atom. The van der Waals surface area contributed by atoms with Crippen molar-refractivity contribution in [2.45, 2.75) is 12.8 Å². The molecule has 1 amide bonds. The number of halogens is 1. The van der Waals surface area contributed by atoms with Gasteiger partial charge in [0.1, 0.15) is 0 Å². The summed E-state index contributed by atoms with van der Waals surface area (Å²) in [5, 5.41) is 10.9. The molecule has 0 unspecified atom stereocenters. The largest absolute Gasteiger partial charge is 0.490 e. The van der Waals surface area contributed by atoms with Gasteiger partial charge < -0.3 is 15.4 Å². The first-order valence-corrected chi connectivity index (χ1v) is 6.88. The monoisotopic (exact) mass is 329 g/mol. The highest BCUT2D eigenvalue weighted by Crippen LogP contribution is 2.28. The van der Waals surface area contributed by atoms with Crippen LogP contribution >= 0.6 is 12.4 Å². The van der Waals surface area contributed by atoms with Crippen molar-refractivity contribution >= 4 is 24.0 Å². The average molecular weight is 330 g/mol. The molecule has 122 valence electrons. The van der Waals surface area contributed by atoms with Crippen LogP contribution in [0.3, 0.4) is 0 Å². The first-order valence-electron chi connectivity index (χ1n) is 6.88. The Bertz CT molecular complexity index is 545. The van der Waals surface area contributed by atoms with Crippen molar-refractivity contribution in [2.75, 3.05) is 26.7 Å². The minimum Gasteiger partial charge on any atom is -0.490 e. The second-order valence-electron chi connectivity index (χ2n) is 5.12. The zero-order valence-corrected chi connectivity index (χ0v) is 13.2. The van der Waals surface area contributed by atoms with Gasteiger partial charge in [-0.25, -0.2) is 0 Å². The summed E-state index contributed by atoms with van der Waals surface area (Å²) >= 11 is 0. The summed E-state index contributed by atoms with van der Waals surface area (Å²) < 4.78 is 4.99. The molecule has 0 radical (unpaired) electrons. The molecule has 0 aromatic heterocycles. The topological polar surface area (TPSA) is 98.7 Å². The smallest absolute Gasteiger partial charge is 0.310 e.